The highest BCUT2D eigenvalue weighted by atomic mass is 31.1. The van der Waals surface area contributed by atoms with E-state index in [1.165, 1.54) is 115 Å². The molecule has 0 aliphatic heterocycles. The van der Waals surface area contributed by atoms with Crippen molar-refractivity contribution in [2.75, 3.05) is 0 Å². The van der Waals surface area contributed by atoms with Gasteiger partial charge in [-0.1, -0.05) is 117 Å². The molecule has 7 aromatic rings. The molecular weight excluding hydrogens is 787 g/mol. The van der Waals surface area contributed by atoms with Crippen LogP contribution in [0, 0.1) is 47.3 Å². The number of benzene rings is 5. The predicted molar refractivity (Wildman–Crippen MR) is 263 cm³/mol. The predicted octanol–water partition coefficient (Wildman–Crippen LogP) is 14.9. The van der Waals surface area contributed by atoms with Gasteiger partial charge in [-0.2, -0.15) is 0 Å². The van der Waals surface area contributed by atoms with Crippen LogP contribution in [0.1, 0.15) is 86.7 Å². The highest BCUT2D eigenvalue weighted by Crippen LogP contribution is 2.72. The molecular formula is C58H58N2P2. The lowest BCUT2D eigenvalue weighted by molar-refractivity contribution is 0.0129. The highest BCUT2D eigenvalue weighted by molar-refractivity contribution is 7.58. The summed E-state index contributed by atoms with van der Waals surface area (Å²) in [5, 5.41) is 1.65. The first-order chi connectivity index (χ1) is 30.5. The normalized spacial score (nSPS) is 30.0. The quantitative estimate of drug-likeness (QED) is 0.135. The minimum absolute atomic E-state index is 0.290. The molecule has 8 fully saturated rings. The van der Waals surface area contributed by atoms with Crippen molar-refractivity contribution in [2.45, 2.75) is 86.8 Å². The molecule has 0 N–H and O–H groups in total. The molecule has 0 spiro atoms. The lowest BCUT2D eigenvalue weighted by Crippen LogP contribution is -2.52. The van der Waals surface area contributed by atoms with Crippen LogP contribution in [0.4, 0.5) is 0 Å². The molecule has 1 unspecified atom stereocenters. The maximum Gasteiger partial charge on any atom is 0.0936 e. The second kappa shape index (κ2) is 15.2. The third-order valence-electron chi connectivity index (χ3n) is 17.3. The van der Waals surface area contributed by atoms with Gasteiger partial charge in [-0.3, -0.25) is 9.97 Å². The van der Waals surface area contributed by atoms with E-state index in [2.05, 4.69) is 155 Å². The fourth-order valence-corrected chi connectivity index (χ4v) is 20.5. The van der Waals surface area contributed by atoms with Gasteiger partial charge < -0.3 is 0 Å². The third kappa shape index (κ3) is 6.40. The molecule has 4 heteroatoms. The molecule has 0 saturated heterocycles. The summed E-state index contributed by atoms with van der Waals surface area (Å²) in [6.07, 6.45) is 16.3. The van der Waals surface area contributed by atoms with Crippen molar-refractivity contribution in [3.05, 3.63) is 168 Å². The molecule has 8 aliphatic rings. The van der Waals surface area contributed by atoms with E-state index in [-0.39, 0.29) is 7.92 Å². The molecule has 1 atom stereocenters. The van der Waals surface area contributed by atoms with Crippen LogP contribution in [-0.2, 0) is 11.3 Å². The van der Waals surface area contributed by atoms with Crippen molar-refractivity contribution in [3.63, 3.8) is 0 Å². The molecule has 310 valence electrons. The maximum absolute atomic E-state index is 5.63. The fourth-order valence-electron chi connectivity index (χ4n) is 15.3. The van der Waals surface area contributed by atoms with Crippen molar-refractivity contribution >= 4 is 39.0 Å². The average molecular weight is 845 g/mol. The van der Waals surface area contributed by atoms with Crippen molar-refractivity contribution in [2.24, 2.45) is 47.3 Å². The molecule has 8 bridgehead atoms. The largest absolute Gasteiger partial charge is 0.251 e. The Balaban J connectivity index is 1.07. The Morgan fingerprint density at radius 2 is 0.855 bits per heavy atom. The summed E-state index contributed by atoms with van der Waals surface area (Å²) in [6, 6.07) is 54.3. The zero-order valence-electron chi connectivity index (χ0n) is 35.8. The Labute approximate surface area is 371 Å². The van der Waals surface area contributed by atoms with E-state index in [1.54, 1.807) is 0 Å². The van der Waals surface area contributed by atoms with Crippen LogP contribution >= 0.6 is 17.2 Å². The third-order valence-corrected chi connectivity index (χ3v) is 22.1. The van der Waals surface area contributed by atoms with Gasteiger partial charge in [0.15, 0.2) is 0 Å². The van der Waals surface area contributed by atoms with Crippen molar-refractivity contribution in [1.29, 1.82) is 0 Å². The van der Waals surface area contributed by atoms with Crippen LogP contribution in [0.15, 0.2) is 146 Å². The van der Waals surface area contributed by atoms with Gasteiger partial charge in [-0.05, 0) is 199 Å². The zero-order chi connectivity index (χ0) is 40.9. The van der Waals surface area contributed by atoms with Gasteiger partial charge in [0.05, 0.1) is 27.6 Å². The van der Waals surface area contributed by atoms with E-state index in [1.807, 2.05) is 0 Å². The van der Waals surface area contributed by atoms with Gasteiger partial charge in [-0.15, -0.1) is 9.24 Å². The van der Waals surface area contributed by atoms with Crippen LogP contribution < -0.4 is 0 Å². The Morgan fingerprint density at radius 1 is 0.452 bits per heavy atom. The summed E-state index contributed by atoms with van der Waals surface area (Å²) in [6.45, 7) is 0. The van der Waals surface area contributed by atoms with Crippen LogP contribution in [0.2, 0.25) is 0 Å². The number of hydrogen-bond acceptors (Lipinski definition) is 2. The fraction of sp³-hybridized carbons (Fsp3) is 0.379. The summed E-state index contributed by atoms with van der Waals surface area (Å²) in [4.78, 5) is 11.3. The molecule has 15 rings (SSSR count). The SMILES string of the molecule is PC(c1ccc2ccccc2n1)(c1ccc2ccccc2n1)c1cc(-c2ccccc2)c(-c2ccccc2)cc1CP(C1C2CC3CC(C2)CC1C3)C1C2CC3CC(C2)CC1C3. The Hall–Kier alpha value is -4.22. The Morgan fingerprint density at radius 3 is 1.31 bits per heavy atom. The standard InChI is InChI=1S/C58H58N2P2/c61-58(54-21-19-42-15-7-9-17-52(42)59-54,55-22-20-43-16-8-10-18-53(43)60-55)51-34-50(41-13-5-2-6-14-41)49(40-11-3-1-4-12-40)33-48(51)35-62(56-44-25-36-23-37(27-44)28-45(56)26-36)57-46-29-38-24-39(31-46)32-47(57)30-38/h1-22,33-34,36-39,44-47,56-57H,23-32,35,61H2. The molecule has 8 saturated carbocycles. The average Bonchev–Trinajstić information content (AvgIpc) is 3.30. The second-order valence-electron chi connectivity index (χ2n) is 20.9. The van der Waals surface area contributed by atoms with Gasteiger partial charge >= 0.3 is 0 Å². The van der Waals surface area contributed by atoms with Gasteiger partial charge in [0.1, 0.15) is 0 Å². The first-order valence-electron chi connectivity index (χ1n) is 24.1. The van der Waals surface area contributed by atoms with Gasteiger partial charge in [-0.25, -0.2) is 0 Å². The molecule has 0 amide bonds. The van der Waals surface area contributed by atoms with E-state index in [0.29, 0.717) is 0 Å². The van der Waals surface area contributed by atoms with E-state index in [4.69, 9.17) is 9.97 Å². The lowest BCUT2D eigenvalue weighted by atomic mass is 9.55. The highest BCUT2D eigenvalue weighted by Gasteiger charge is 2.57. The zero-order valence-corrected chi connectivity index (χ0v) is 37.9. The molecule has 2 aromatic heterocycles. The van der Waals surface area contributed by atoms with Crippen molar-refractivity contribution in [1.82, 2.24) is 9.97 Å². The number of pyridine rings is 2. The number of hydrogen-bond donors (Lipinski definition) is 0. The molecule has 5 aromatic carbocycles. The summed E-state index contributed by atoms with van der Waals surface area (Å²) < 4.78 is 0. The van der Waals surface area contributed by atoms with Gasteiger partial charge in [0, 0.05) is 10.8 Å². The van der Waals surface area contributed by atoms with E-state index >= 15 is 0 Å². The summed E-state index contributed by atoms with van der Waals surface area (Å²) >= 11 is 0. The summed E-state index contributed by atoms with van der Waals surface area (Å²) in [5.41, 5.74) is 14.1. The summed E-state index contributed by atoms with van der Waals surface area (Å²) in [7, 11) is 3.18. The number of nitrogens with zero attached hydrogens (tertiary/aromatic N) is 2. The minimum Gasteiger partial charge on any atom is -0.251 e. The van der Waals surface area contributed by atoms with Crippen molar-refractivity contribution in [3.8, 4) is 22.3 Å². The van der Waals surface area contributed by atoms with E-state index in [0.717, 1.165) is 81.1 Å². The van der Waals surface area contributed by atoms with E-state index < -0.39 is 5.16 Å². The first kappa shape index (κ1) is 38.3. The molecule has 8 aliphatic carbocycles. The lowest BCUT2D eigenvalue weighted by Gasteiger charge is -2.62. The first-order valence-corrected chi connectivity index (χ1v) is 26.3. The van der Waals surface area contributed by atoms with Crippen LogP contribution in [0.5, 0.6) is 0 Å². The number of aromatic nitrogens is 2. The topological polar surface area (TPSA) is 25.8 Å². The van der Waals surface area contributed by atoms with Gasteiger partial charge in [0.25, 0.3) is 0 Å². The summed E-state index contributed by atoms with van der Waals surface area (Å²) in [5.74, 6) is 7.69. The van der Waals surface area contributed by atoms with E-state index in [9.17, 15) is 0 Å². The Kier molecular flexibility index (Phi) is 9.38. The number of fused-ring (bicyclic) bond motifs is 2. The van der Waals surface area contributed by atoms with Crippen LogP contribution in [0.3, 0.4) is 0 Å². The second-order valence-corrected chi connectivity index (χ2v) is 24.3. The van der Waals surface area contributed by atoms with Crippen LogP contribution in [-0.4, -0.2) is 21.3 Å². The van der Waals surface area contributed by atoms with Gasteiger partial charge in [0.2, 0.25) is 0 Å². The molecule has 2 nitrogen and oxygen atoms in total. The molecule has 62 heavy (non-hydrogen) atoms. The number of rotatable bonds is 9. The molecule has 0 radical (unpaired) electrons. The maximum atomic E-state index is 5.63. The monoisotopic (exact) mass is 844 g/mol. The minimum atomic E-state index is -0.697. The van der Waals surface area contributed by atoms with Crippen molar-refractivity contribution < 1.29 is 0 Å². The smallest absolute Gasteiger partial charge is 0.0936 e. The Bertz CT molecular complexity index is 2620. The number of para-hydroxylation sites is 2. The van der Waals surface area contributed by atoms with Crippen LogP contribution in [0.25, 0.3) is 44.1 Å². The molecule has 2 heterocycles.